The lowest BCUT2D eigenvalue weighted by Crippen LogP contribution is -2.23. The fourth-order valence-corrected chi connectivity index (χ4v) is 4.06. The third kappa shape index (κ3) is 3.10. The first-order valence-corrected chi connectivity index (χ1v) is 9.67. The fraction of sp³-hybridized carbons (Fsp3) is 0.261. The monoisotopic (exact) mass is 389 g/mol. The van der Waals surface area contributed by atoms with Crippen LogP contribution in [0.25, 0.3) is 22.6 Å². The van der Waals surface area contributed by atoms with E-state index in [-0.39, 0.29) is 6.10 Å². The second-order valence-corrected chi connectivity index (χ2v) is 7.39. The van der Waals surface area contributed by atoms with Gasteiger partial charge < -0.3 is 13.9 Å². The highest BCUT2D eigenvalue weighted by Crippen LogP contribution is 2.38. The van der Waals surface area contributed by atoms with Crippen LogP contribution in [0.2, 0.25) is 0 Å². The summed E-state index contributed by atoms with van der Waals surface area (Å²) in [5.41, 5.74) is 3.86. The van der Waals surface area contributed by atoms with Crippen molar-refractivity contribution in [1.82, 2.24) is 4.98 Å². The van der Waals surface area contributed by atoms with Crippen molar-refractivity contribution in [1.29, 1.82) is 0 Å². The van der Waals surface area contributed by atoms with Crippen molar-refractivity contribution in [2.75, 3.05) is 0 Å². The van der Waals surface area contributed by atoms with Crippen molar-refractivity contribution < 1.29 is 23.5 Å². The number of hydrogen-bond donors (Lipinski definition) is 0. The van der Waals surface area contributed by atoms with Crippen molar-refractivity contribution in [2.24, 2.45) is 0 Å². The van der Waals surface area contributed by atoms with Gasteiger partial charge in [0, 0.05) is 11.8 Å². The largest absolute Gasteiger partial charge is 0.465 e. The molecule has 2 atom stereocenters. The second kappa shape index (κ2) is 6.88. The highest BCUT2D eigenvalue weighted by atomic mass is 16.6. The first-order valence-electron chi connectivity index (χ1n) is 9.67. The zero-order valence-corrected chi connectivity index (χ0v) is 15.9. The predicted octanol–water partition coefficient (Wildman–Crippen LogP) is 4.18. The van der Waals surface area contributed by atoms with E-state index in [1.165, 1.54) is 0 Å². The lowest BCUT2D eigenvalue weighted by atomic mass is 10.0. The average molecular weight is 389 g/mol. The Labute approximate surface area is 167 Å². The van der Waals surface area contributed by atoms with Gasteiger partial charge in [0.2, 0.25) is 6.10 Å². The van der Waals surface area contributed by atoms with E-state index in [2.05, 4.69) is 0 Å². The van der Waals surface area contributed by atoms with Gasteiger partial charge in [0.25, 0.3) is 0 Å². The summed E-state index contributed by atoms with van der Waals surface area (Å²) in [5.74, 6) is -0.246. The molecule has 0 spiro atoms. The molecule has 0 bridgehead atoms. The highest BCUT2D eigenvalue weighted by molar-refractivity contribution is 6.07. The zero-order chi connectivity index (χ0) is 20.0. The number of ether oxygens (including phenoxy) is 2. The van der Waals surface area contributed by atoms with Crippen LogP contribution in [0, 0.1) is 0 Å². The van der Waals surface area contributed by atoms with E-state index in [1.807, 2.05) is 42.5 Å². The number of cyclic esters (lactones) is 1. The number of furan rings is 1. The maximum absolute atomic E-state index is 13.2. The van der Waals surface area contributed by atoms with Gasteiger partial charge in [0.1, 0.15) is 11.9 Å². The van der Waals surface area contributed by atoms with Crippen LogP contribution in [0.4, 0.5) is 0 Å². The third-order valence-electron chi connectivity index (χ3n) is 5.38. The Morgan fingerprint density at radius 2 is 2.07 bits per heavy atom. The summed E-state index contributed by atoms with van der Waals surface area (Å²) >= 11 is 0. The van der Waals surface area contributed by atoms with E-state index in [0.29, 0.717) is 23.9 Å². The lowest BCUT2D eigenvalue weighted by molar-refractivity contribution is -0.147. The molecular formula is C23H19NO5. The fourth-order valence-electron chi connectivity index (χ4n) is 4.06. The molecule has 1 fully saturated rings. The minimum absolute atomic E-state index is 0.247. The second-order valence-electron chi connectivity index (χ2n) is 7.39. The van der Waals surface area contributed by atoms with Gasteiger partial charge in [-0.25, -0.2) is 14.6 Å². The van der Waals surface area contributed by atoms with Gasteiger partial charge in [-0.3, -0.25) is 0 Å². The quantitative estimate of drug-likeness (QED) is 0.626. The van der Waals surface area contributed by atoms with Crippen molar-refractivity contribution in [3.8, 4) is 0 Å². The van der Waals surface area contributed by atoms with Crippen LogP contribution in [-0.2, 0) is 20.7 Å². The normalized spacial score (nSPS) is 22.1. The number of fused-ring (bicyclic) bond motifs is 2. The maximum atomic E-state index is 13.2. The summed E-state index contributed by atoms with van der Waals surface area (Å²) in [5, 5.41) is 0.731. The number of carbonyl (C=O) groups excluding carboxylic acids is 2. The number of aromatic nitrogens is 1. The Morgan fingerprint density at radius 1 is 1.21 bits per heavy atom. The lowest BCUT2D eigenvalue weighted by Gasteiger charge is -2.14. The summed E-state index contributed by atoms with van der Waals surface area (Å²) < 4.78 is 16.1. The smallest absolute Gasteiger partial charge is 0.347 e. The van der Waals surface area contributed by atoms with Gasteiger partial charge >= 0.3 is 11.9 Å². The van der Waals surface area contributed by atoms with E-state index in [0.717, 1.165) is 34.4 Å². The molecule has 1 aliphatic carbocycles. The Hall–Kier alpha value is -3.41. The molecule has 0 N–H and O–H groups in total. The van der Waals surface area contributed by atoms with Crippen molar-refractivity contribution in [2.45, 2.75) is 38.4 Å². The maximum Gasteiger partial charge on any atom is 0.347 e. The molecule has 0 radical (unpaired) electrons. The molecule has 0 unspecified atom stereocenters. The predicted molar refractivity (Wildman–Crippen MR) is 106 cm³/mol. The molecule has 1 aliphatic heterocycles. The zero-order valence-electron chi connectivity index (χ0n) is 15.9. The minimum atomic E-state index is -0.861. The molecular weight excluding hydrogens is 370 g/mol. The van der Waals surface area contributed by atoms with Gasteiger partial charge in [0.15, 0.2) is 0 Å². The SMILES string of the molecule is C[C@H]1C[C@@H](OC(=O)c2c3c(nc4ccccc24)/C(=C/c2ccco2)CC3)C(=O)O1. The number of esters is 2. The summed E-state index contributed by atoms with van der Waals surface area (Å²) in [4.78, 5) is 29.9. The Bertz CT molecular complexity index is 1150. The molecule has 29 heavy (non-hydrogen) atoms. The van der Waals surface area contributed by atoms with Crippen LogP contribution in [0.3, 0.4) is 0 Å². The molecule has 2 aliphatic rings. The Balaban J connectivity index is 1.60. The molecule has 3 aromatic rings. The van der Waals surface area contributed by atoms with E-state index in [4.69, 9.17) is 18.9 Å². The highest BCUT2D eigenvalue weighted by Gasteiger charge is 2.37. The number of para-hydroxylation sites is 1. The summed E-state index contributed by atoms with van der Waals surface area (Å²) in [7, 11) is 0. The molecule has 6 nitrogen and oxygen atoms in total. The average Bonchev–Trinajstić information content (AvgIpc) is 3.42. The molecule has 5 rings (SSSR count). The standard InChI is InChI=1S/C23H19NO5/c1-13-11-19(22(25)28-13)29-23(26)20-16-6-2-3-7-18(16)24-21-14(8-9-17(20)21)12-15-5-4-10-27-15/h2-7,10,12-13,19H,8-9,11H2,1H3/b14-12+/t13-,19+/m0/s1. The Kier molecular flexibility index (Phi) is 4.19. The number of nitrogens with zero attached hydrogens (tertiary/aromatic N) is 1. The molecule has 0 saturated carbocycles. The minimum Gasteiger partial charge on any atom is -0.465 e. The number of benzene rings is 1. The molecule has 0 amide bonds. The van der Waals surface area contributed by atoms with Crippen LogP contribution in [0.1, 0.15) is 47.1 Å². The van der Waals surface area contributed by atoms with Gasteiger partial charge in [-0.1, -0.05) is 18.2 Å². The van der Waals surface area contributed by atoms with Crippen LogP contribution in [-0.4, -0.2) is 29.1 Å². The van der Waals surface area contributed by atoms with Crippen molar-refractivity contribution >= 4 is 34.5 Å². The van der Waals surface area contributed by atoms with Gasteiger partial charge in [-0.15, -0.1) is 0 Å². The molecule has 1 aromatic carbocycles. The van der Waals surface area contributed by atoms with Gasteiger partial charge in [-0.2, -0.15) is 0 Å². The van der Waals surface area contributed by atoms with Gasteiger partial charge in [0.05, 0.1) is 23.0 Å². The third-order valence-corrected chi connectivity index (χ3v) is 5.38. The van der Waals surface area contributed by atoms with Crippen LogP contribution >= 0.6 is 0 Å². The van der Waals surface area contributed by atoms with Crippen LogP contribution in [0.15, 0.2) is 47.1 Å². The molecule has 2 aromatic heterocycles. The van der Waals surface area contributed by atoms with E-state index in [9.17, 15) is 9.59 Å². The number of rotatable bonds is 3. The number of hydrogen-bond acceptors (Lipinski definition) is 6. The van der Waals surface area contributed by atoms with Crippen molar-refractivity contribution in [3.05, 3.63) is 65.2 Å². The number of carbonyl (C=O) groups is 2. The van der Waals surface area contributed by atoms with Crippen LogP contribution < -0.4 is 0 Å². The molecule has 146 valence electrons. The van der Waals surface area contributed by atoms with E-state index < -0.39 is 18.0 Å². The number of pyridine rings is 1. The molecule has 1 saturated heterocycles. The first-order chi connectivity index (χ1) is 14.1. The van der Waals surface area contributed by atoms with E-state index >= 15 is 0 Å². The first kappa shape index (κ1) is 17.7. The van der Waals surface area contributed by atoms with E-state index in [1.54, 1.807) is 13.2 Å². The summed E-state index contributed by atoms with van der Waals surface area (Å²) in [6, 6.07) is 11.2. The molecule has 6 heteroatoms. The molecule has 3 heterocycles. The van der Waals surface area contributed by atoms with Crippen molar-refractivity contribution in [3.63, 3.8) is 0 Å². The summed E-state index contributed by atoms with van der Waals surface area (Å²) in [6.45, 7) is 1.79. The summed E-state index contributed by atoms with van der Waals surface area (Å²) in [6.07, 6.45) is 4.28. The topological polar surface area (TPSA) is 78.6 Å². The van der Waals surface area contributed by atoms with Gasteiger partial charge in [-0.05, 0) is 55.2 Å². The number of allylic oxidation sites excluding steroid dienone is 1. The van der Waals surface area contributed by atoms with Crippen LogP contribution in [0.5, 0.6) is 0 Å². The Morgan fingerprint density at radius 3 is 2.83 bits per heavy atom.